The average Bonchev–Trinajstić information content (AvgIpc) is 3.35. The largest absolute Gasteiger partial charge is 0.497 e. The molecule has 2 aliphatic heterocycles. The van der Waals surface area contributed by atoms with Crippen LogP contribution in [0.4, 0.5) is 0 Å². The number of likely N-dealkylation sites (tertiary alicyclic amines) is 1. The van der Waals surface area contributed by atoms with Gasteiger partial charge in [0.05, 0.1) is 19.1 Å². The summed E-state index contributed by atoms with van der Waals surface area (Å²) < 4.78 is 29.5. The molecule has 148 valence electrons. The summed E-state index contributed by atoms with van der Waals surface area (Å²) in [4.78, 5) is 27.7. The molecule has 0 radical (unpaired) electrons. The fraction of sp³-hybridized carbons (Fsp3) is 0.556. The quantitative estimate of drug-likeness (QED) is 0.687. The summed E-state index contributed by atoms with van der Waals surface area (Å²) in [5.41, 5.74) is 0.688. The van der Waals surface area contributed by atoms with Crippen LogP contribution in [0, 0.1) is 5.92 Å². The third-order valence-electron chi connectivity index (χ3n) is 5.21. The Labute approximate surface area is 159 Å². The molecule has 8 nitrogen and oxygen atoms in total. The van der Waals surface area contributed by atoms with Crippen LogP contribution in [0.5, 0.6) is 5.75 Å². The number of hydrogen-bond donors (Lipinski definition) is 0. The predicted molar refractivity (Wildman–Crippen MR) is 98.1 cm³/mol. The van der Waals surface area contributed by atoms with Crippen LogP contribution in [0.1, 0.15) is 30.9 Å². The van der Waals surface area contributed by atoms with Crippen LogP contribution in [0.15, 0.2) is 24.3 Å². The molecule has 1 aromatic carbocycles. The lowest BCUT2D eigenvalue weighted by atomic mass is 9.93. The maximum absolute atomic E-state index is 13.1. The van der Waals surface area contributed by atoms with Crippen molar-refractivity contribution in [1.29, 1.82) is 0 Å². The van der Waals surface area contributed by atoms with Gasteiger partial charge < -0.3 is 9.64 Å². The minimum Gasteiger partial charge on any atom is -0.497 e. The van der Waals surface area contributed by atoms with Crippen LogP contribution in [0.25, 0.3) is 0 Å². The van der Waals surface area contributed by atoms with Crippen molar-refractivity contribution in [3.63, 3.8) is 0 Å². The number of hydrogen-bond acceptors (Lipinski definition) is 6. The first-order valence-electron chi connectivity index (χ1n) is 8.92. The third kappa shape index (κ3) is 3.61. The molecular weight excluding hydrogens is 371 g/mol. The van der Waals surface area contributed by atoms with E-state index in [1.54, 1.807) is 36.3 Å². The maximum Gasteiger partial charge on any atom is 0.437 e. The summed E-state index contributed by atoms with van der Waals surface area (Å²) in [6.45, 7) is 1.37. The number of methoxy groups -OCH3 is 1. The van der Waals surface area contributed by atoms with Gasteiger partial charge in [0, 0.05) is 33.7 Å². The molecule has 27 heavy (non-hydrogen) atoms. The van der Waals surface area contributed by atoms with E-state index in [0.29, 0.717) is 24.4 Å². The Balaban J connectivity index is 2.02. The van der Waals surface area contributed by atoms with Gasteiger partial charge in [-0.2, -0.15) is 0 Å². The molecule has 2 amide bonds. The van der Waals surface area contributed by atoms with Crippen molar-refractivity contribution in [2.24, 2.45) is 5.92 Å². The molecule has 3 rings (SSSR count). The molecule has 0 aromatic heterocycles. The van der Waals surface area contributed by atoms with E-state index >= 15 is 0 Å². The number of carbonyl (C=O) groups is 2. The second kappa shape index (κ2) is 8.00. The third-order valence-corrected chi connectivity index (χ3v) is 7.13. The molecule has 0 saturated carbocycles. The topological polar surface area (TPSA) is 85.4 Å². The summed E-state index contributed by atoms with van der Waals surface area (Å²) in [5.74, 6) is -0.496. The molecule has 0 spiro atoms. The molecule has 0 bridgehead atoms. The first-order chi connectivity index (χ1) is 12.9. The van der Waals surface area contributed by atoms with E-state index < -0.39 is 25.6 Å². The monoisotopic (exact) mass is 396 g/mol. The minimum absolute atomic E-state index is 0.0251. The second-order valence-electron chi connectivity index (χ2n) is 6.63. The lowest BCUT2D eigenvalue weighted by Crippen LogP contribution is -2.37. The Kier molecular flexibility index (Phi) is 5.89. The Morgan fingerprint density at radius 1 is 1.07 bits per heavy atom. The predicted octanol–water partition coefficient (Wildman–Crippen LogP) is 2.61. The van der Waals surface area contributed by atoms with E-state index in [1.807, 2.05) is 0 Å². The number of benzene rings is 1. The van der Waals surface area contributed by atoms with Crippen molar-refractivity contribution in [3.05, 3.63) is 29.8 Å². The van der Waals surface area contributed by atoms with Gasteiger partial charge in [-0.05, 0) is 30.5 Å². The molecule has 1 unspecified atom stereocenters. The van der Waals surface area contributed by atoms with Crippen LogP contribution in [-0.4, -0.2) is 55.8 Å². The van der Waals surface area contributed by atoms with E-state index in [4.69, 9.17) is 13.8 Å². The zero-order chi connectivity index (χ0) is 19.6. The van der Waals surface area contributed by atoms with Crippen LogP contribution in [-0.2, 0) is 23.2 Å². The Bertz CT molecular complexity index is 739. The summed E-state index contributed by atoms with van der Waals surface area (Å²) >= 11 is 0. The SMILES string of the molecule is COc1ccc([C@@H]2C(C(=O)N3CCCC3)CC(=O)N2P(=O)(OC)OC)cc1. The average molecular weight is 396 g/mol. The fourth-order valence-corrected chi connectivity index (χ4v) is 5.28. The molecule has 2 aliphatic rings. The highest BCUT2D eigenvalue weighted by molar-refractivity contribution is 7.52. The summed E-state index contributed by atoms with van der Waals surface area (Å²) in [7, 11) is 0.176. The molecule has 2 saturated heterocycles. The zero-order valence-electron chi connectivity index (χ0n) is 15.8. The van der Waals surface area contributed by atoms with Crippen molar-refractivity contribution < 1.29 is 27.9 Å². The minimum atomic E-state index is -3.85. The van der Waals surface area contributed by atoms with Crippen molar-refractivity contribution >= 4 is 19.6 Å². The number of carbonyl (C=O) groups excluding carboxylic acids is 2. The first kappa shape index (κ1) is 19.9. The summed E-state index contributed by atoms with van der Waals surface area (Å²) in [6, 6.07) is 6.32. The molecule has 2 atom stereocenters. The van der Waals surface area contributed by atoms with Gasteiger partial charge in [-0.3, -0.25) is 18.6 Å². The highest BCUT2D eigenvalue weighted by Gasteiger charge is 2.53. The molecule has 2 fully saturated rings. The normalized spacial score (nSPS) is 23.1. The van der Waals surface area contributed by atoms with Gasteiger partial charge in [-0.15, -0.1) is 0 Å². The molecule has 0 N–H and O–H groups in total. The van der Waals surface area contributed by atoms with E-state index in [-0.39, 0.29) is 12.3 Å². The van der Waals surface area contributed by atoms with Gasteiger partial charge in [0.15, 0.2) is 0 Å². The van der Waals surface area contributed by atoms with Gasteiger partial charge in [0.25, 0.3) is 0 Å². The lowest BCUT2D eigenvalue weighted by molar-refractivity contribution is -0.135. The molecule has 0 aliphatic carbocycles. The van der Waals surface area contributed by atoms with Crippen LogP contribution < -0.4 is 4.74 Å². The van der Waals surface area contributed by atoms with Gasteiger partial charge in [-0.25, -0.2) is 9.24 Å². The van der Waals surface area contributed by atoms with Crippen molar-refractivity contribution in [3.8, 4) is 5.75 Å². The fourth-order valence-electron chi connectivity index (χ4n) is 3.83. The molecule has 1 aromatic rings. The lowest BCUT2D eigenvalue weighted by Gasteiger charge is -2.32. The summed E-state index contributed by atoms with van der Waals surface area (Å²) in [5, 5.41) is 0. The number of rotatable bonds is 6. The standard InChI is InChI=1S/C18H25N2O6P/c1-24-14-8-6-13(7-9-14)17-15(18(22)19-10-4-5-11-19)12-16(21)20(17)27(23,25-2)26-3/h6-9,15,17H,4-5,10-12H2,1-3H3/t15?,17-/m1/s1. The smallest absolute Gasteiger partial charge is 0.437 e. The summed E-state index contributed by atoms with van der Waals surface area (Å²) in [6.07, 6.45) is 1.89. The Morgan fingerprint density at radius 2 is 1.67 bits per heavy atom. The zero-order valence-corrected chi connectivity index (χ0v) is 16.7. The highest BCUT2D eigenvalue weighted by atomic mass is 31.2. The molecule has 2 heterocycles. The Morgan fingerprint density at radius 3 is 2.19 bits per heavy atom. The van der Waals surface area contributed by atoms with Crippen LogP contribution in [0.2, 0.25) is 0 Å². The highest BCUT2D eigenvalue weighted by Crippen LogP contribution is 2.60. The second-order valence-corrected chi connectivity index (χ2v) is 8.73. The van der Waals surface area contributed by atoms with Crippen molar-refractivity contribution in [2.45, 2.75) is 25.3 Å². The van der Waals surface area contributed by atoms with Gasteiger partial charge in [0.1, 0.15) is 5.75 Å². The number of ether oxygens (including phenoxy) is 1. The van der Waals surface area contributed by atoms with Gasteiger partial charge in [-0.1, -0.05) is 12.1 Å². The van der Waals surface area contributed by atoms with E-state index in [9.17, 15) is 14.2 Å². The first-order valence-corrected chi connectivity index (χ1v) is 10.4. The van der Waals surface area contributed by atoms with E-state index in [1.165, 1.54) is 14.2 Å². The van der Waals surface area contributed by atoms with E-state index in [2.05, 4.69) is 0 Å². The van der Waals surface area contributed by atoms with Crippen LogP contribution >= 0.6 is 7.75 Å². The molecule has 9 heteroatoms. The number of amides is 2. The Hall–Kier alpha value is -1.89. The van der Waals surface area contributed by atoms with Crippen molar-refractivity contribution in [1.82, 2.24) is 9.57 Å². The van der Waals surface area contributed by atoms with Crippen molar-refractivity contribution in [2.75, 3.05) is 34.4 Å². The van der Waals surface area contributed by atoms with Crippen LogP contribution in [0.3, 0.4) is 0 Å². The maximum atomic E-state index is 13.1. The van der Waals surface area contributed by atoms with Gasteiger partial charge >= 0.3 is 7.75 Å². The molecular formula is C18H25N2O6P. The number of nitrogens with zero attached hydrogens (tertiary/aromatic N) is 2. The van der Waals surface area contributed by atoms with E-state index in [0.717, 1.165) is 17.5 Å². The van der Waals surface area contributed by atoms with Gasteiger partial charge in [0.2, 0.25) is 11.8 Å².